The van der Waals surface area contributed by atoms with Gasteiger partial charge in [-0.3, -0.25) is 4.79 Å². The Hall–Kier alpha value is -0.840. The highest BCUT2D eigenvalue weighted by Gasteiger charge is 2.06. The van der Waals surface area contributed by atoms with Crippen molar-refractivity contribution >= 4 is 39.8 Å². The van der Waals surface area contributed by atoms with Crippen LogP contribution in [-0.2, 0) is 0 Å². The van der Waals surface area contributed by atoms with Crippen LogP contribution >= 0.6 is 22.6 Å². The number of fused-ring (bicyclic) bond motifs is 1. The first-order valence-electron chi connectivity index (χ1n) is 3.95. The lowest BCUT2D eigenvalue weighted by Crippen LogP contribution is -1.79. The number of aryl methyl sites for hydroxylation is 1. The van der Waals surface area contributed by atoms with Gasteiger partial charge in [-0.15, -0.1) is 0 Å². The number of halogens is 1. The van der Waals surface area contributed by atoms with Crippen LogP contribution in [0.15, 0.2) is 18.2 Å². The van der Waals surface area contributed by atoms with Gasteiger partial charge >= 0.3 is 0 Å². The van der Waals surface area contributed by atoms with Gasteiger partial charge in [0, 0.05) is 25.7 Å². The molecule has 13 heavy (non-hydrogen) atoms. The van der Waals surface area contributed by atoms with Crippen LogP contribution in [0.25, 0.3) is 10.9 Å². The Morgan fingerprint density at radius 3 is 2.92 bits per heavy atom. The molecule has 2 aromatic rings. The highest BCUT2D eigenvalue weighted by Crippen LogP contribution is 2.22. The van der Waals surface area contributed by atoms with Gasteiger partial charge in [-0.05, 0) is 41.6 Å². The molecule has 2 rings (SSSR count). The van der Waals surface area contributed by atoms with E-state index < -0.39 is 0 Å². The molecule has 0 aliphatic carbocycles. The van der Waals surface area contributed by atoms with E-state index in [0.29, 0.717) is 0 Å². The van der Waals surface area contributed by atoms with E-state index in [9.17, 15) is 4.79 Å². The summed E-state index contributed by atoms with van der Waals surface area (Å²) in [4.78, 5) is 13.9. The number of nitrogens with one attached hydrogen (secondary N) is 1. The molecule has 0 aliphatic heterocycles. The number of hydrogen-bond acceptors (Lipinski definition) is 1. The molecule has 2 nitrogen and oxygen atoms in total. The zero-order chi connectivity index (χ0) is 9.42. The van der Waals surface area contributed by atoms with Crippen LogP contribution < -0.4 is 0 Å². The van der Waals surface area contributed by atoms with Gasteiger partial charge in [0.25, 0.3) is 0 Å². The molecule has 1 aromatic heterocycles. The van der Waals surface area contributed by atoms with Crippen molar-refractivity contribution in [2.45, 2.75) is 6.92 Å². The number of aldehydes is 1. The molecule has 0 amide bonds. The van der Waals surface area contributed by atoms with E-state index in [-0.39, 0.29) is 0 Å². The number of rotatable bonds is 1. The van der Waals surface area contributed by atoms with Crippen molar-refractivity contribution in [3.8, 4) is 0 Å². The molecule has 0 radical (unpaired) electrons. The smallest absolute Gasteiger partial charge is 0.152 e. The summed E-state index contributed by atoms with van der Waals surface area (Å²) in [7, 11) is 0. The first kappa shape index (κ1) is 8.74. The fourth-order valence-electron chi connectivity index (χ4n) is 1.48. The van der Waals surface area contributed by atoms with Crippen molar-refractivity contribution in [3.63, 3.8) is 0 Å². The molecule has 1 aromatic carbocycles. The second-order valence-electron chi connectivity index (χ2n) is 2.97. The molecule has 0 saturated heterocycles. The van der Waals surface area contributed by atoms with Crippen molar-refractivity contribution in [3.05, 3.63) is 33.0 Å². The SMILES string of the molecule is Cc1[nH]c2cc(I)ccc2c1C=O. The molecule has 3 heteroatoms. The van der Waals surface area contributed by atoms with E-state index in [0.717, 1.165) is 28.4 Å². The third-order valence-corrected chi connectivity index (χ3v) is 2.79. The van der Waals surface area contributed by atoms with Crippen LogP contribution in [0.1, 0.15) is 16.1 Å². The Morgan fingerprint density at radius 1 is 1.46 bits per heavy atom. The summed E-state index contributed by atoms with van der Waals surface area (Å²) in [6.07, 6.45) is 0.904. The van der Waals surface area contributed by atoms with Gasteiger partial charge in [0.05, 0.1) is 0 Å². The summed E-state index contributed by atoms with van der Waals surface area (Å²) in [6.45, 7) is 1.91. The maximum Gasteiger partial charge on any atom is 0.152 e. The van der Waals surface area contributed by atoms with E-state index in [2.05, 4.69) is 27.6 Å². The van der Waals surface area contributed by atoms with Gasteiger partial charge in [0.15, 0.2) is 6.29 Å². The summed E-state index contributed by atoms with van der Waals surface area (Å²) in [5.74, 6) is 0. The minimum Gasteiger partial charge on any atom is -0.358 e. The van der Waals surface area contributed by atoms with E-state index in [1.807, 2.05) is 25.1 Å². The Bertz CT molecular complexity index is 473. The summed E-state index contributed by atoms with van der Waals surface area (Å²) < 4.78 is 1.17. The topological polar surface area (TPSA) is 32.9 Å². The molecular formula is C10H8INO. The van der Waals surface area contributed by atoms with Gasteiger partial charge in [-0.1, -0.05) is 6.07 Å². The van der Waals surface area contributed by atoms with Crippen molar-refractivity contribution < 1.29 is 4.79 Å². The average Bonchev–Trinajstić information content (AvgIpc) is 2.39. The van der Waals surface area contributed by atoms with E-state index in [1.165, 1.54) is 3.57 Å². The number of aromatic nitrogens is 1. The Kier molecular flexibility index (Phi) is 2.11. The summed E-state index contributed by atoms with van der Waals surface area (Å²) in [6, 6.07) is 6.02. The normalized spacial score (nSPS) is 10.6. The second kappa shape index (κ2) is 3.14. The lowest BCUT2D eigenvalue weighted by atomic mass is 10.1. The molecule has 0 atom stereocenters. The molecule has 0 aliphatic rings. The lowest BCUT2D eigenvalue weighted by Gasteiger charge is -1.91. The van der Waals surface area contributed by atoms with Crippen LogP contribution in [0, 0.1) is 10.5 Å². The van der Waals surface area contributed by atoms with Crippen LogP contribution in [0.4, 0.5) is 0 Å². The first-order valence-corrected chi connectivity index (χ1v) is 5.03. The number of aromatic amines is 1. The summed E-state index contributed by atoms with van der Waals surface area (Å²) in [5, 5.41) is 1.01. The lowest BCUT2D eigenvalue weighted by molar-refractivity contribution is 0.112. The molecule has 0 saturated carbocycles. The van der Waals surface area contributed by atoms with Crippen molar-refractivity contribution in [1.82, 2.24) is 4.98 Å². The van der Waals surface area contributed by atoms with E-state index >= 15 is 0 Å². The van der Waals surface area contributed by atoms with Crippen molar-refractivity contribution in [2.24, 2.45) is 0 Å². The minimum absolute atomic E-state index is 0.770. The van der Waals surface area contributed by atoms with Gasteiger partial charge in [0.1, 0.15) is 0 Å². The second-order valence-corrected chi connectivity index (χ2v) is 4.22. The van der Waals surface area contributed by atoms with Gasteiger partial charge in [-0.2, -0.15) is 0 Å². The molecule has 1 heterocycles. The van der Waals surface area contributed by atoms with Gasteiger partial charge < -0.3 is 4.98 Å². The zero-order valence-electron chi connectivity index (χ0n) is 7.10. The highest BCUT2D eigenvalue weighted by atomic mass is 127. The van der Waals surface area contributed by atoms with Crippen LogP contribution in [0.2, 0.25) is 0 Å². The molecular weight excluding hydrogens is 277 g/mol. The Labute approximate surface area is 89.5 Å². The van der Waals surface area contributed by atoms with E-state index in [4.69, 9.17) is 0 Å². The highest BCUT2D eigenvalue weighted by molar-refractivity contribution is 14.1. The third-order valence-electron chi connectivity index (χ3n) is 2.12. The fraction of sp³-hybridized carbons (Fsp3) is 0.100. The molecule has 0 fully saturated rings. The van der Waals surface area contributed by atoms with Gasteiger partial charge in [0.2, 0.25) is 0 Å². The van der Waals surface area contributed by atoms with Crippen molar-refractivity contribution in [2.75, 3.05) is 0 Å². The molecule has 66 valence electrons. The maximum atomic E-state index is 10.8. The average molecular weight is 285 g/mol. The predicted octanol–water partition coefficient (Wildman–Crippen LogP) is 2.89. The minimum atomic E-state index is 0.770. The molecule has 0 bridgehead atoms. The standard InChI is InChI=1S/C10H8INO/c1-6-9(5-13)8-3-2-7(11)4-10(8)12-6/h2-5,12H,1H3. The first-order chi connectivity index (χ1) is 6.22. The third kappa shape index (κ3) is 1.37. The molecule has 0 spiro atoms. The maximum absolute atomic E-state index is 10.8. The molecule has 1 N–H and O–H groups in total. The Balaban J connectivity index is 2.86. The Morgan fingerprint density at radius 2 is 2.23 bits per heavy atom. The fourth-order valence-corrected chi connectivity index (χ4v) is 1.97. The van der Waals surface area contributed by atoms with E-state index in [1.54, 1.807) is 0 Å². The largest absolute Gasteiger partial charge is 0.358 e. The number of hydrogen-bond donors (Lipinski definition) is 1. The summed E-state index contributed by atoms with van der Waals surface area (Å²) in [5.41, 5.74) is 2.74. The number of carbonyl (C=O) groups is 1. The number of carbonyl (C=O) groups excluding carboxylic acids is 1. The summed E-state index contributed by atoms with van der Waals surface area (Å²) >= 11 is 2.25. The number of benzene rings is 1. The number of H-pyrrole nitrogens is 1. The van der Waals surface area contributed by atoms with Crippen LogP contribution in [0.3, 0.4) is 0 Å². The molecule has 0 unspecified atom stereocenters. The quantitative estimate of drug-likeness (QED) is 0.634. The predicted molar refractivity (Wildman–Crippen MR) is 61.1 cm³/mol. The monoisotopic (exact) mass is 285 g/mol. The van der Waals surface area contributed by atoms with Crippen LogP contribution in [0.5, 0.6) is 0 Å². The van der Waals surface area contributed by atoms with Crippen LogP contribution in [-0.4, -0.2) is 11.3 Å². The van der Waals surface area contributed by atoms with Gasteiger partial charge in [-0.25, -0.2) is 0 Å². The zero-order valence-corrected chi connectivity index (χ0v) is 9.25. The van der Waals surface area contributed by atoms with Crippen molar-refractivity contribution in [1.29, 1.82) is 0 Å².